The minimum atomic E-state index is -0.425. The monoisotopic (exact) mass is 336 g/mol. The van der Waals surface area contributed by atoms with Crippen molar-refractivity contribution in [3.05, 3.63) is 30.1 Å². The first-order valence-electron chi connectivity index (χ1n) is 7.88. The summed E-state index contributed by atoms with van der Waals surface area (Å²) in [6, 6.07) is 5.31. The van der Waals surface area contributed by atoms with E-state index in [2.05, 4.69) is 15.6 Å². The summed E-state index contributed by atoms with van der Waals surface area (Å²) in [6.45, 7) is 2.58. The van der Waals surface area contributed by atoms with Gasteiger partial charge in [-0.1, -0.05) is 6.07 Å². The number of hydrogen-bond acceptors (Lipinski definition) is 5. The molecule has 1 atom stereocenters. The number of amides is 2. The van der Waals surface area contributed by atoms with Crippen LogP contribution in [0.25, 0.3) is 0 Å². The fraction of sp³-hybridized carbons (Fsp3) is 0.562. The fourth-order valence-electron chi connectivity index (χ4n) is 2.57. The molecule has 1 aliphatic rings. The number of thioether (sulfide) groups is 1. The molecule has 1 aromatic rings. The van der Waals surface area contributed by atoms with Gasteiger partial charge in [0.15, 0.2) is 0 Å². The smallest absolute Gasteiger partial charge is 0.237 e. The van der Waals surface area contributed by atoms with Crippen molar-refractivity contribution in [1.82, 2.24) is 20.5 Å². The highest BCUT2D eigenvalue weighted by atomic mass is 32.2. The SMILES string of the molecule is CSCCCNC(=O)CC1C(=O)NCCN1Cc1ccccn1. The van der Waals surface area contributed by atoms with Gasteiger partial charge in [-0.15, -0.1) is 0 Å². The third-order valence-corrected chi connectivity index (χ3v) is 4.46. The van der Waals surface area contributed by atoms with Crippen molar-refractivity contribution >= 4 is 23.6 Å². The van der Waals surface area contributed by atoms with Gasteiger partial charge in [-0.05, 0) is 30.6 Å². The van der Waals surface area contributed by atoms with Gasteiger partial charge in [0.1, 0.15) is 0 Å². The van der Waals surface area contributed by atoms with Crippen LogP contribution in [0.5, 0.6) is 0 Å². The minimum absolute atomic E-state index is 0.0702. The van der Waals surface area contributed by atoms with Crippen molar-refractivity contribution in [1.29, 1.82) is 0 Å². The van der Waals surface area contributed by atoms with E-state index in [1.807, 2.05) is 29.4 Å². The van der Waals surface area contributed by atoms with Gasteiger partial charge in [-0.25, -0.2) is 0 Å². The number of hydrogen-bond donors (Lipinski definition) is 2. The van der Waals surface area contributed by atoms with Crippen LogP contribution in [-0.2, 0) is 16.1 Å². The topological polar surface area (TPSA) is 74.3 Å². The summed E-state index contributed by atoms with van der Waals surface area (Å²) in [5, 5.41) is 5.74. The average molecular weight is 336 g/mol. The second-order valence-electron chi connectivity index (χ2n) is 5.50. The van der Waals surface area contributed by atoms with Crippen LogP contribution >= 0.6 is 11.8 Å². The summed E-state index contributed by atoms with van der Waals surface area (Å²) < 4.78 is 0. The van der Waals surface area contributed by atoms with E-state index in [9.17, 15) is 9.59 Å². The van der Waals surface area contributed by atoms with Crippen molar-refractivity contribution in [2.75, 3.05) is 31.6 Å². The summed E-state index contributed by atoms with van der Waals surface area (Å²) in [4.78, 5) is 30.6. The first-order chi connectivity index (χ1) is 11.2. The van der Waals surface area contributed by atoms with Crippen molar-refractivity contribution in [3.8, 4) is 0 Å². The number of carbonyl (C=O) groups is 2. The molecule has 0 radical (unpaired) electrons. The van der Waals surface area contributed by atoms with E-state index >= 15 is 0 Å². The predicted octanol–water partition coefficient (Wildman–Crippen LogP) is 0.641. The molecule has 2 rings (SSSR count). The predicted molar refractivity (Wildman–Crippen MR) is 92.1 cm³/mol. The lowest BCUT2D eigenvalue weighted by Gasteiger charge is -2.34. The summed E-state index contributed by atoms with van der Waals surface area (Å²) >= 11 is 1.76. The number of rotatable bonds is 8. The lowest BCUT2D eigenvalue weighted by atomic mass is 10.1. The molecule has 7 heteroatoms. The number of carbonyl (C=O) groups excluding carboxylic acids is 2. The zero-order valence-electron chi connectivity index (χ0n) is 13.5. The molecular formula is C16H24N4O2S. The quantitative estimate of drug-likeness (QED) is 0.682. The summed E-state index contributed by atoms with van der Waals surface area (Å²) in [5.41, 5.74) is 0.910. The lowest BCUT2D eigenvalue weighted by molar-refractivity contribution is -0.134. The van der Waals surface area contributed by atoms with Crippen molar-refractivity contribution in [2.24, 2.45) is 0 Å². The van der Waals surface area contributed by atoms with Crippen LogP contribution in [0.2, 0.25) is 0 Å². The first-order valence-corrected chi connectivity index (χ1v) is 9.27. The third-order valence-electron chi connectivity index (χ3n) is 3.76. The van der Waals surface area contributed by atoms with Gasteiger partial charge in [0, 0.05) is 32.4 Å². The van der Waals surface area contributed by atoms with Crippen LogP contribution in [0.15, 0.2) is 24.4 Å². The van der Waals surface area contributed by atoms with Crippen LogP contribution in [0, 0.1) is 0 Å². The van der Waals surface area contributed by atoms with E-state index in [-0.39, 0.29) is 18.2 Å². The Morgan fingerprint density at radius 2 is 2.39 bits per heavy atom. The summed E-state index contributed by atoms with van der Waals surface area (Å²) in [7, 11) is 0. The van der Waals surface area contributed by atoms with E-state index < -0.39 is 6.04 Å². The Labute approximate surface area is 141 Å². The Kier molecular flexibility index (Phi) is 7.35. The van der Waals surface area contributed by atoms with E-state index in [0.717, 1.165) is 24.4 Å². The Bertz CT molecular complexity index is 512. The molecule has 23 heavy (non-hydrogen) atoms. The molecule has 1 unspecified atom stereocenters. The van der Waals surface area contributed by atoms with Crippen LogP contribution < -0.4 is 10.6 Å². The Hall–Kier alpha value is -1.60. The molecule has 0 saturated carbocycles. The van der Waals surface area contributed by atoms with Crippen LogP contribution in [0.3, 0.4) is 0 Å². The minimum Gasteiger partial charge on any atom is -0.356 e. The second kappa shape index (κ2) is 9.52. The number of nitrogens with one attached hydrogen (secondary N) is 2. The molecule has 0 aliphatic carbocycles. The molecule has 1 fully saturated rings. The summed E-state index contributed by atoms with van der Waals surface area (Å²) in [5.74, 6) is 0.876. The average Bonchev–Trinajstić information content (AvgIpc) is 2.56. The molecule has 0 bridgehead atoms. The fourth-order valence-corrected chi connectivity index (χ4v) is 3.00. The van der Waals surface area contributed by atoms with Crippen molar-refractivity contribution in [2.45, 2.75) is 25.4 Å². The lowest BCUT2D eigenvalue weighted by Crippen LogP contribution is -2.56. The Morgan fingerprint density at radius 1 is 1.52 bits per heavy atom. The molecule has 126 valence electrons. The zero-order valence-corrected chi connectivity index (χ0v) is 14.3. The molecule has 0 spiro atoms. The number of nitrogens with zero attached hydrogens (tertiary/aromatic N) is 2. The normalized spacial score (nSPS) is 18.5. The van der Waals surface area contributed by atoms with Crippen molar-refractivity contribution < 1.29 is 9.59 Å². The largest absolute Gasteiger partial charge is 0.356 e. The maximum Gasteiger partial charge on any atom is 0.237 e. The molecule has 1 saturated heterocycles. The molecule has 2 amide bonds. The number of pyridine rings is 1. The maximum absolute atomic E-state index is 12.2. The number of aromatic nitrogens is 1. The second-order valence-corrected chi connectivity index (χ2v) is 6.48. The van der Waals surface area contributed by atoms with Gasteiger partial charge < -0.3 is 10.6 Å². The van der Waals surface area contributed by atoms with Gasteiger partial charge >= 0.3 is 0 Å². The first kappa shape index (κ1) is 17.7. The van der Waals surface area contributed by atoms with Crippen LogP contribution in [-0.4, -0.2) is 59.4 Å². The molecule has 2 heterocycles. The Morgan fingerprint density at radius 3 is 3.13 bits per heavy atom. The van der Waals surface area contributed by atoms with Gasteiger partial charge in [0.2, 0.25) is 11.8 Å². The molecule has 2 N–H and O–H groups in total. The van der Waals surface area contributed by atoms with Gasteiger partial charge in [0.25, 0.3) is 0 Å². The molecule has 1 aliphatic heterocycles. The highest BCUT2D eigenvalue weighted by Crippen LogP contribution is 2.12. The molecule has 0 aromatic carbocycles. The molecular weight excluding hydrogens is 312 g/mol. The highest BCUT2D eigenvalue weighted by molar-refractivity contribution is 7.98. The standard InChI is InChI=1S/C16H24N4O2S/c1-23-10-4-7-18-15(21)11-14-16(22)19-8-9-20(14)12-13-5-2-3-6-17-13/h2-3,5-6,14H,4,7-12H2,1H3,(H,18,21)(H,19,22). The highest BCUT2D eigenvalue weighted by Gasteiger charge is 2.31. The van der Waals surface area contributed by atoms with Crippen LogP contribution in [0.1, 0.15) is 18.5 Å². The molecule has 6 nitrogen and oxygen atoms in total. The number of piperazine rings is 1. The Balaban J connectivity index is 1.89. The zero-order chi connectivity index (χ0) is 16.5. The van der Waals surface area contributed by atoms with Gasteiger partial charge in [-0.2, -0.15) is 11.8 Å². The maximum atomic E-state index is 12.2. The van der Waals surface area contributed by atoms with E-state index in [1.165, 1.54) is 0 Å². The van der Waals surface area contributed by atoms with E-state index in [0.29, 0.717) is 19.6 Å². The van der Waals surface area contributed by atoms with Gasteiger partial charge in [0.05, 0.1) is 18.2 Å². The van der Waals surface area contributed by atoms with E-state index in [4.69, 9.17) is 0 Å². The van der Waals surface area contributed by atoms with Crippen molar-refractivity contribution in [3.63, 3.8) is 0 Å². The third kappa shape index (κ3) is 5.84. The summed E-state index contributed by atoms with van der Waals surface area (Å²) in [6.07, 6.45) is 4.93. The van der Waals surface area contributed by atoms with Gasteiger partial charge in [-0.3, -0.25) is 19.5 Å². The molecule has 1 aromatic heterocycles. The van der Waals surface area contributed by atoms with E-state index in [1.54, 1.807) is 18.0 Å². The van der Waals surface area contributed by atoms with Crippen LogP contribution in [0.4, 0.5) is 0 Å².